The van der Waals surface area contributed by atoms with E-state index < -0.39 is 12.1 Å². The summed E-state index contributed by atoms with van der Waals surface area (Å²) < 4.78 is 1.64. The normalized spacial score (nSPS) is 19.1. The Labute approximate surface area is 200 Å². The molecule has 1 fully saturated rings. The first-order valence-corrected chi connectivity index (χ1v) is 11.0. The average Bonchev–Trinajstić information content (AvgIpc) is 3.05. The van der Waals surface area contributed by atoms with Gasteiger partial charge in [0.1, 0.15) is 0 Å². The molecule has 1 aliphatic rings. The number of hydrazine groups is 1. The number of halogens is 3. The molecule has 0 aromatic heterocycles. The summed E-state index contributed by atoms with van der Waals surface area (Å²) in [6, 6.07) is 18.1. The second-order valence-corrected chi connectivity index (χ2v) is 8.78. The van der Waals surface area contributed by atoms with E-state index in [1.807, 2.05) is 25.1 Å². The molecule has 0 radical (unpaired) electrons. The number of aryl methyl sites for hydroxylation is 1. The fourth-order valence-corrected chi connectivity index (χ4v) is 4.19. The summed E-state index contributed by atoms with van der Waals surface area (Å²) >= 11 is 18.4. The number of carbonyl (C=O) groups excluding carboxylic acids is 2. The van der Waals surface area contributed by atoms with Gasteiger partial charge in [0.2, 0.25) is 12.3 Å². The van der Waals surface area contributed by atoms with E-state index in [0.717, 1.165) is 11.1 Å². The minimum absolute atomic E-state index is 0.334. The first-order valence-electron chi connectivity index (χ1n) is 9.83. The largest absolute Gasteiger partial charge is 0.334 e. The van der Waals surface area contributed by atoms with E-state index in [4.69, 9.17) is 34.8 Å². The standard InChI is InChI=1S/C24H18Cl3N3O2/c1-14-3-2-4-16(11-14)23(31)28-21-22(15-5-8-18(25)9-6-15)30(29-24(21)32)13-17-7-10-19(26)12-20(17)27/h2-13,21-22H,1H3,(H-,28,29,31,32)/p+1/b30-13-/t21-,22+/m1/s1. The zero-order valence-electron chi connectivity index (χ0n) is 17.0. The van der Waals surface area contributed by atoms with Gasteiger partial charge in [-0.15, -0.1) is 10.1 Å². The molecule has 1 aliphatic heterocycles. The topological polar surface area (TPSA) is 61.2 Å². The molecular weight excluding hydrogens is 469 g/mol. The van der Waals surface area contributed by atoms with E-state index in [1.165, 1.54) is 0 Å². The van der Waals surface area contributed by atoms with Gasteiger partial charge in [0, 0.05) is 21.2 Å². The predicted octanol–water partition coefficient (Wildman–Crippen LogP) is 4.97. The molecule has 0 spiro atoms. The second kappa shape index (κ2) is 9.33. The van der Waals surface area contributed by atoms with Gasteiger partial charge in [0.25, 0.3) is 5.91 Å². The monoisotopic (exact) mass is 486 g/mol. The van der Waals surface area contributed by atoms with Crippen LogP contribution in [0.4, 0.5) is 0 Å². The molecule has 0 aliphatic carbocycles. The molecule has 0 unspecified atom stereocenters. The lowest BCUT2D eigenvalue weighted by molar-refractivity contribution is -0.596. The van der Waals surface area contributed by atoms with Crippen molar-refractivity contribution in [3.8, 4) is 0 Å². The third kappa shape index (κ3) is 4.80. The Balaban J connectivity index is 1.73. The minimum Gasteiger partial charge on any atom is -0.334 e. The maximum atomic E-state index is 12.9. The number of hydrogen-bond donors (Lipinski definition) is 2. The summed E-state index contributed by atoms with van der Waals surface area (Å²) in [5.74, 6) is -0.675. The number of benzene rings is 3. The van der Waals surface area contributed by atoms with E-state index in [-0.39, 0.29) is 11.8 Å². The molecule has 4 rings (SSSR count). The molecule has 0 bridgehead atoms. The quantitative estimate of drug-likeness (QED) is 0.510. The summed E-state index contributed by atoms with van der Waals surface area (Å²) in [4.78, 5) is 25.8. The fraction of sp³-hybridized carbons (Fsp3) is 0.125. The van der Waals surface area contributed by atoms with E-state index >= 15 is 0 Å². The second-order valence-electron chi connectivity index (χ2n) is 7.50. The molecule has 8 heteroatoms. The predicted molar refractivity (Wildman–Crippen MR) is 127 cm³/mol. The van der Waals surface area contributed by atoms with Gasteiger partial charge < -0.3 is 5.32 Å². The van der Waals surface area contributed by atoms with Gasteiger partial charge >= 0.3 is 5.91 Å². The molecule has 1 saturated heterocycles. The lowest BCUT2D eigenvalue weighted by atomic mass is 9.99. The van der Waals surface area contributed by atoms with Gasteiger partial charge in [-0.1, -0.05) is 64.6 Å². The lowest BCUT2D eigenvalue weighted by Gasteiger charge is -2.15. The van der Waals surface area contributed by atoms with Crippen molar-refractivity contribution in [3.63, 3.8) is 0 Å². The fourth-order valence-electron chi connectivity index (χ4n) is 3.61. The molecule has 162 valence electrons. The highest BCUT2D eigenvalue weighted by atomic mass is 35.5. The molecule has 2 atom stereocenters. The van der Waals surface area contributed by atoms with Crippen LogP contribution in [0.15, 0.2) is 66.7 Å². The van der Waals surface area contributed by atoms with Crippen LogP contribution in [0.3, 0.4) is 0 Å². The Morgan fingerprint density at radius 2 is 1.72 bits per heavy atom. The Bertz CT molecular complexity index is 1230. The van der Waals surface area contributed by atoms with Crippen molar-refractivity contribution < 1.29 is 14.3 Å². The van der Waals surface area contributed by atoms with Crippen LogP contribution in [-0.4, -0.2) is 28.8 Å². The van der Waals surface area contributed by atoms with Crippen molar-refractivity contribution in [3.05, 3.63) is 104 Å². The number of hydrogen-bond acceptors (Lipinski definition) is 2. The van der Waals surface area contributed by atoms with Crippen LogP contribution in [-0.2, 0) is 4.79 Å². The average molecular weight is 488 g/mol. The Morgan fingerprint density at radius 3 is 2.41 bits per heavy atom. The first-order chi connectivity index (χ1) is 15.3. The highest BCUT2D eigenvalue weighted by molar-refractivity contribution is 6.36. The number of hydrazone groups is 1. The van der Waals surface area contributed by atoms with Crippen molar-refractivity contribution in [2.75, 3.05) is 0 Å². The minimum atomic E-state index is -0.841. The number of rotatable bonds is 4. The lowest BCUT2D eigenvalue weighted by Crippen LogP contribution is -2.42. The summed E-state index contributed by atoms with van der Waals surface area (Å²) in [7, 11) is 0. The van der Waals surface area contributed by atoms with Gasteiger partial charge in [-0.05, 0) is 49.4 Å². The van der Waals surface area contributed by atoms with Gasteiger partial charge in [-0.25, -0.2) is 0 Å². The Morgan fingerprint density at radius 1 is 1.00 bits per heavy atom. The molecule has 0 saturated carbocycles. The Hall–Kier alpha value is -2.86. The van der Waals surface area contributed by atoms with Gasteiger partial charge in [-0.2, -0.15) is 0 Å². The summed E-state index contributed by atoms with van der Waals surface area (Å²) in [5.41, 5.74) is 5.72. The highest BCUT2D eigenvalue weighted by Gasteiger charge is 2.47. The highest BCUT2D eigenvalue weighted by Crippen LogP contribution is 2.28. The van der Waals surface area contributed by atoms with Crippen LogP contribution >= 0.6 is 34.8 Å². The molecule has 2 amide bonds. The van der Waals surface area contributed by atoms with Crippen molar-refractivity contribution in [1.29, 1.82) is 0 Å². The molecule has 3 aromatic rings. The number of nitrogens with one attached hydrogen (secondary N) is 2. The van der Waals surface area contributed by atoms with Crippen LogP contribution in [0.1, 0.15) is 33.1 Å². The van der Waals surface area contributed by atoms with Crippen LogP contribution in [0, 0.1) is 6.92 Å². The summed E-state index contributed by atoms with van der Waals surface area (Å²) in [6.45, 7) is 1.90. The van der Waals surface area contributed by atoms with E-state index in [1.54, 1.807) is 59.4 Å². The maximum Gasteiger partial charge on any atom is 0.304 e. The number of amides is 2. The number of carbonyl (C=O) groups is 2. The third-order valence-electron chi connectivity index (χ3n) is 5.16. The Kier molecular flexibility index (Phi) is 6.51. The number of nitrogens with zero attached hydrogens (tertiary/aromatic N) is 1. The zero-order chi connectivity index (χ0) is 22.8. The summed E-state index contributed by atoms with van der Waals surface area (Å²) in [6.07, 6.45) is 1.72. The van der Waals surface area contributed by atoms with Crippen LogP contribution in [0.2, 0.25) is 15.1 Å². The molecule has 3 aromatic carbocycles. The van der Waals surface area contributed by atoms with Crippen molar-refractivity contribution in [1.82, 2.24) is 10.7 Å². The molecule has 1 heterocycles. The molecular formula is C24H19Cl3N3O2+. The van der Waals surface area contributed by atoms with E-state index in [0.29, 0.717) is 26.2 Å². The smallest absolute Gasteiger partial charge is 0.304 e. The van der Waals surface area contributed by atoms with Crippen molar-refractivity contribution in [2.24, 2.45) is 0 Å². The molecule has 2 N–H and O–H groups in total. The van der Waals surface area contributed by atoms with Crippen LogP contribution in [0.5, 0.6) is 0 Å². The van der Waals surface area contributed by atoms with Crippen LogP contribution < -0.4 is 10.7 Å². The van der Waals surface area contributed by atoms with Gasteiger partial charge in [0.15, 0.2) is 6.04 Å². The van der Waals surface area contributed by atoms with Crippen LogP contribution in [0.25, 0.3) is 0 Å². The maximum absolute atomic E-state index is 12.9. The molecule has 32 heavy (non-hydrogen) atoms. The summed E-state index contributed by atoms with van der Waals surface area (Å²) in [5, 5.41) is 4.40. The third-order valence-corrected chi connectivity index (χ3v) is 5.97. The van der Waals surface area contributed by atoms with Crippen molar-refractivity contribution in [2.45, 2.75) is 19.0 Å². The SMILES string of the molecule is Cc1cccc(C(=O)N[C@H]2C(=O)N/[N+](=C\c3ccc(Cl)cc3Cl)[C@H]2c2ccc(Cl)cc2)c1. The van der Waals surface area contributed by atoms with E-state index in [2.05, 4.69) is 10.7 Å². The van der Waals surface area contributed by atoms with Gasteiger partial charge in [-0.3, -0.25) is 9.59 Å². The van der Waals surface area contributed by atoms with Gasteiger partial charge in [0.05, 0.1) is 10.6 Å². The molecule has 5 nitrogen and oxygen atoms in total. The zero-order valence-corrected chi connectivity index (χ0v) is 19.2. The van der Waals surface area contributed by atoms with E-state index in [9.17, 15) is 9.59 Å². The van der Waals surface area contributed by atoms with Crippen molar-refractivity contribution >= 4 is 52.8 Å². The first kappa shape index (κ1) is 22.3.